The van der Waals surface area contributed by atoms with Gasteiger partial charge in [0.1, 0.15) is 18.0 Å². The highest BCUT2D eigenvalue weighted by molar-refractivity contribution is 5.97. The molecule has 0 saturated heterocycles. The molecule has 0 aliphatic heterocycles. The Hall–Kier alpha value is -2.33. The van der Waals surface area contributed by atoms with Crippen molar-refractivity contribution in [3.63, 3.8) is 0 Å². The van der Waals surface area contributed by atoms with E-state index in [-0.39, 0.29) is 5.91 Å². The minimum atomic E-state index is -0.814. The molecular formula is C23H31NO3. The molecule has 1 atom stereocenters. The van der Waals surface area contributed by atoms with Crippen molar-refractivity contribution in [2.24, 2.45) is 0 Å². The van der Waals surface area contributed by atoms with E-state index < -0.39 is 5.60 Å². The van der Waals surface area contributed by atoms with Crippen LogP contribution in [-0.2, 0) is 16.1 Å². The second-order valence-electron chi connectivity index (χ2n) is 7.10. The molecule has 0 radical (unpaired) electrons. The molecule has 4 heteroatoms. The quantitative estimate of drug-likeness (QED) is 0.563. The topological polar surface area (TPSA) is 47.6 Å². The monoisotopic (exact) mass is 369 g/mol. The first kappa shape index (κ1) is 21.0. The lowest BCUT2D eigenvalue weighted by Crippen LogP contribution is -2.41. The van der Waals surface area contributed by atoms with Crippen molar-refractivity contribution in [3.8, 4) is 5.75 Å². The number of unbranched alkanes of at least 4 members (excludes halogenated alkanes) is 2. The molecule has 2 aromatic carbocycles. The molecule has 4 nitrogen and oxygen atoms in total. The van der Waals surface area contributed by atoms with E-state index in [2.05, 4.69) is 12.2 Å². The number of benzene rings is 2. The Kier molecular flexibility index (Phi) is 7.86. The molecule has 1 N–H and O–H groups in total. The van der Waals surface area contributed by atoms with Gasteiger partial charge >= 0.3 is 0 Å². The highest BCUT2D eigenvalue weighted by Crippen LogP contribution is 2.25. The van der Waals surface area contributed by atoms with Crippen LogP contribution in [0.25, 0.3) is 0 Å². The van der Waals surface area contributed by atoms with Crippen molar-refractivity contribution < 1.29 is 14.3 Å². The van der Waals surface area contributed by atoms with Crippen LogP contribution in [0.5, 0.6) is 5.75 Å². The molecular weight excluding hydrogens is 338 g/mol. The van der Waals surface area contributed by atoms with Crippen molar-refractivity contribution in [1.82, 2.24) is 0 Å². The third kappa shape index (κ3) is 6.10. The predicted molar refractivity (Wildman–Crippen MR) is 110 cm³/mol. The fraction of sp³-hybridized carbons (Fsp3) is 0.435. The minimum Gasteiger partial charge on any atom is -0.489 e. The van der Waals surface area contributed by atoms with E-state index in [1.807, 2.05) is 62.4 Å². The van der Waals surface area contributed by atoms with Gasteiger partial charge < -0.3 is 14.8 Å². The summed E-state index contributed by atoms with van der Waals surface area (Å²) in [5.74, 6) is 0.702. The van der Waals surface area contributed by atoms with Gasteiger partial charge in [0.2, 0.25) is 0 Å². The largest absolute Gasteiger partial charge is 0.489 e. The van der Waals surface area contributed by atoms with Crippen molar-refractivity contribution >= 4 is 11.6 Å². The molecule has 2 aromatic rings. The van der Waals surface area contributed by atoms with Crippen molar-refractivity contribution in [3.05, 3.63) is 59.7 Å². The van der Waals surface area contributed by atoms with Gasteiger partial charge in [-0.25, -0.2) is 0 Å². The van der Waals surface area contributed by atoms with Crippen LogP contribution in [0.3, 0.4) is 0 Å². The molecule has 1 amide bonds. The minimum absolute atomic E-state index is 0.113. The van der Waals surface area contributed by atoms with Crippen LogP contribution in [-0.4, -0.2) is 18.6 Å². The van der Waals surface area contributed by atoms with Crippen molar-refractivity contribution in [1.29, 1.82) is 0 Å². The van der Waals surface area contributed by atoms with E-state index in [4.69, 9.17) is 9.47 Å². The molecule has 0 fully saturated rings. The lowest BCUT2D eigenvalue weighted by molar-refractivity contribution is -0.136. The van der Waals surface area contributed by atoms with E-state index >= 15 is 0 Å². The number of ether oxygens (including phenoxy) is 2. The van der Waals surface area contributed by atoms with Gasteiger partial charge in [-0.05, 0) is 49.6 Å². The van der Waals surface area contributed by atoms with E-state index in [0.717, 1.165) is 41.8 Å². The highest BCUT2D eigenvalue weighted by Gasteiger charge is 2.32. The van der Waals surface area contributed by atoms with Crippen LogP contribution in [0, 0.1) is 6.92 Å². The number of hydrogen-bond donors (Lipinski definition) is 1. The van der Waals surface area contributed by atoms with Crippen LogP contribution in [0.1, 0.15) is 50.7 Å². The van der Waals surface area contributed by atoms with E-state index in [9.17, 15) is 4.79 Å². The smallest absolute Gasteiger partial charge is 0.256 e. The molecule has 0 aliphatic carbocycles. The summed E-state index contributed by atoms with van der Waals surface area (Å²) in [7, 11) is 1.59. The predicted octanol–water partition coefficient (Wildman–Crippen LogP) is 5.50. The summed E-state index contributed by atoms with van der Waals surface area (Å²) in [5, 5.41) is 2.98. The lowest BCUT2D eigenvalue weighted by Gasteiger charge is -2.27. The molecule has 0 saturated carbocycles. The molecule has 2 rings (SSSR count). The Balaban J connectivity index is 1.98. The summed E-state index contributed by atoms with van der Waals surface area (Å²) in [6.45, 7) is 6.50. The number of anilines is 1. The third-order valence-electron chi connectivity index (χ3n) is 4.86. The molecule has 27 heavy (non-hydrogen) atoms. The van der Waals surface area contributed by atoms with Gasteiger partial charge in [0.25, 0.3) is 5.91 Å². The molecule has 146 valence electrons. The Bertz CT molecular complexity index is 730. The van der Waals surface area contributed by atoms with Crippen LogP contribution in [0.15, 0.2) is 48.5 Å². The average Bonchev–Trinajstić information content (AvgIpc) is 2.68. The second kappa shape index (κ2) is 10.1. The molecule has 1 unspecified atom stereocenters. The molecule has 0 aromatic heterocycles. The third-order valence-corrected chi connectivity index (χ3v) is 4.86. The van der Waals surface area contributed by atoms with Gasteiger partial charge in [-0.1, -0.05) is 56.5 Å². The van der Waals surface area contributed by atoms with Crippen molar-refractivity contribution in [2.75, 3.05) is 12.4 Å². The Morgan fingerprint density at radius 3 is 2.48 bits per heavy atom. The van der Waals surface area contributed by atoms with Gasteiger partial charge in [-0.3, -0.25) is 4.79 Å². The van der Waals surface area contributed by atoms with Gasteiger partial charge in [0.15, 0.2) is 0 Å². The van der Waals surface area contributed by atoms with Crippen LogP contribution in [0.2, 0.25) is 0 Å². The van der Waals surface area contributed by atoms with Gasteiger partial charge in [0.05, 0.1) is 0 Å². The first-order chi connectivity index (χ1) is 13.0. The summed E-state index contributed by atoms with van der Waals surface area (Å²) < 4.78 is 11.4. The molecule has 0 spiro atoms. The van der Waals surface area contributed by atoms with Crippen molar-refractivity contribution in [2.45, 2.75) is 58.7 Å². The summed E-state index contributed by atoms with van der Waals surface area (Å²) in [5.41, 5.74) is 2.04. The normalized spacial score (nSPS) is 13.0. The number of methoxy groups -OCH3 is 1. The highest BCUT2D eigenvalue weighted by atomic mass is 16.5. The summed E-state index contributed by atoms with van der Waals surface area (Å²) in [4.78, 5) is 12.7. The zero-order valence-electron chi connectivity index (χ0n) is 16.9. The number of hydrogen-bond acceptors (Lipinski definition) is 3. The van der Waals surface area contributed by atoms with Gasteiger partial charge in [-0.15, -0.1) is 0 Å². The fourth-order valence-corrected chi connectivity index (χ4v) is 2.91. The fourth-order valence-electron chi connectivity index (χ4n) is 2.91. The zero-order valence-corrected chi connectivity index (χ0v) is 16.9. The van der Waals surface area contributed by atoms with Crippen LogP contribution < -0.4 is 10.1 Å². The maximum Gasteiger partial charge on any atom is 0.256 e. The number of rotatable bonds is 10. The first-order valence-electron chi connectivity index (χ1n) is 9.62. The summed E-state index contributed by atoms with van der Waals surface area (Å²) in [6, 6.07) is 15.8. The Morgan fingerprint density at radius 1 is 1.11 bits per heavy atom. The van der Waals surface area contributed by atoms with Crippen LogP contribution >= 0.6 is 0 Å². The SMILES string of the molecule is CCCCCC(C)(OC)C(=O)Nc1ccc(OCc2ccccc2)c(C)c1. The molecule has 0 bridgehead atoms. The zero-order chi connectivity index (χ0) is 19.7. The number of carbonyl (C=O) groups is 1. The molecule has 0 aliphatic rings. The average molecular weight is 370 g/mol. The van der Waals surface area contributed by atoms with E-state index in [0.29, 0.717) is 13.0 Å². The van der Waals surface area contributed by atoms with Gasteiger partial charge in [0, 0.05) is 12.8 Å². The molecule has 0 heterocycles. The second-order valence-corrected chi connectivity index (χ2v) is 7.10. The van der Waals surface area contributed by atoms with Gasteiger partial charge in [-0.2, -0.15) is 0 Å². The number of carbonyl (C=O) groups excluding carboxylic acids is 1. The number of aryl methyl sites for hydroxylation is 1. The van der Waals surface area contributed by atoms with E-state index in [1.54, 1.807) is 7.11 Å². The Morgan fingerprint density at radius 2 is 1.85 bits per heavy atom. The van der Waals surface area contributed by atoms with Crippen LogP contribution in [0.4, 0.5) is 5.69 Å². The van der Waals surface area contributed by atoms with E-state index in [1.165, 1.54) is 0 Å². The lowest BCUT2D eigenvalue weighted by atomic mass is 9.97. The first-order valence-corrected chi connectivity index (χ1v) is 9.62. The maximum absolute atomic E-state index is 12.7. The number of nitrogens with one attached hydrogen (secondary N) is 1. The number of amides is 1. The summed E-state index contributed by atoms with van der Waals surface area (Å²) in [6.07, 6.45) is 3.89. The maximum atomic E-state index is 12.7. The Labute approximate surface area is 162 Å². The standard InChI is InChI=1S/C23H31NO3/c1-5-6-10-15-23(3,26-4)22(25)24-20-13-14-21(18(2)16-20)27-17-19-11-8-7-9-12-19/h7-9,11-14,16H,5-6,10,15,17H2,1-4H3,(H,24,25). The summed E-state index contributed by atoms with van der Waals surface area (Å²) >= 11 is 0.